The Morgan fingerprint density at radius 3 is 3.06 bits per heavy atom. The third-order valence-corrected chi connectivity index (χ3v) is 3.08. The minimum atomic E-state index is -0.500. The lowest BCUT2D eigenvalue weighted by molar-refractivity contribution is 0.100. The number of rotatable bonds is 5. The summed E-state index contributed by atoms with van der Waals surface area (Å²) in [6, 6.07) is 1.98. The fraction of sp³-hybridized carbons (Fsp3) is 0.500. The van der Waals surface area contributed by atoms with Crippen LogP contribution in [-0.4, -0.2) is 16.9 Å². The summed E-state index contributed by atoms with van der Waals surface area (Å²) < 4.78 is 0. The molecule has 1 saturated carbocycles. The van der Waals surface area contributed by atoms with Gasteiger partial charge >= 0.3 is 0 Å². The van der Waals surface area contributed by atoms with Crippen LogP contribution < -0.4 is 16.8 Å². The molecule has 1 aliphatic carbocycles. The first-order valence-corrected chi connectivity index (χ1v) is 5.93. The van der Waals surface area contributed by atoms with E-state index in [-0.39, 0.29) is 0 Å². The standard InChI is InChI=1S/C12H18N4O/c1-2-3-7-4-10(7)16-12-9(11(14)17)5-8(13)6-15-12/h5-7,10H,2-4,13H2,1H3,(H2,14,17)(H,15,16). The number of nitrogens with one attached hydrogen (secondary N) is 1. The number of aromatic nitrogens is 1. The van der Waals surface area contributed by atoms with Crippen molar-refractivity contribution in [2.45, 2.75) is 32.2 Å². The summed E-state index contributed by atoms with van der Waals surface area (Å²) in [5.41, 5.74) is 11.7. The lowest BCUT2D eigenvalue weighted by Crippen LogP contribution is -2.17. The molecule has 1 heterocycles. The number of carbonyl (C=O) groups is 1. The fourth-order valence-corrected chi connectivity index (χ4v) is 2.07. The molecule has 1 aliphatic rings. The van der Waals surface area contributed by atoms with Crippen molar-refractivity contribution in [3.05, 3.63) is 17.8 Å². The molecule has 1 amide bonds. The van der Waals surface area contributed by atoms with Crippen LogP contribution in [0, 0.1) is 5.92 Å². The number of hydrogen-bond donors (Lipinski definition) is 3. The minimum absolute atomic E-state index is 0.368. The van der Waals surface area contributed by atoms with Crippen molar-refractivity contribution in [2.24, 2.45) is 11.7 Å². The molecular weight excluding hydrogens is 216 g/mol. The lowest BCUT2D eigenvalue weighted by Gasteiger charge is -2.09. The first-order chi connectivity index (χ1) is 8.11. The van der Waals surface area contributed by atoms with Crippen LogP contribution in [0.25, 0.3) is 0 Å². The molecule has 2 rings (SSSR count). The highest BCUT2D eigenvalue weighted by molar-refractivity contribution is 5.98. The summed E-state index contributed by atoms with van der Waals surface area (Å²) in [5.74, 6) is 0.746. The van der Waals surface area contributed by atoms with Gasteiger partial charge in [0.05, 0.1) is 17.4 Å². The van der Waals surface area contributed by atoms with Crippen LogP contribution >= 0.6 is 0 Å². The van der Waals surface area contributed by atoms with Crippen molar-refractivity contribution in [1.29, 1.82) is 0 Å². The third kappa shape index (κ3) is 2.67. The van der Waals surface area contributed by atoms with Crippen LogP contribution in [0.3, 0.4) is 0 Å². The second-order valence-electron chi connectivity index (χ2n) is 4.56. The van der Waals surface area contributed by atoms with E-state index in [2.05, 4.69) is 17.2 Å². The molecule has 1 aromatic heterocycles. The van der Waals surface area contributed by atoms with E-state index in [1.54, 1.807) is 6.07 Å². The molecule has 0 aromatic carbocycles. The molecule has 2 atom stereocenters. The number of hydrogen-bond acceptors (Lipinski definition) is 4. The van der Waals surface area contributed by atoms with Gasteiger partial charge < -0.3 is 16.8 Å². The van der Waals surface area contributed by atoms with Gasteiger partial charge in [-0.05, 0) is 24.8 Å². The number of nitrogens with zero attached hydrogens (tertiary/aromatic N) is 1. The van der Waals surface area contributed by atoms with Crippen LogP contribution in [0.1, 0.15) is 36.5 Å². The second kappa shape index (κ2) is 4.61. The predicted molar refractivity (Wildman–Crippen MR) is 67.6 cm³/mol. The van der Waals surface area contributed by atoms with Gasteiger partial charge in [-0.3, -0.25) is 4.79 Å². The summed E-state index contributed by atoms with van der Waals surface area (Å²) in [7, 11) is 0. The molecule has 0 bridgehead atoms. The van der Waals surface area contributed by atoms with Gasteiger partial charge in [-0.25, -0.2) is 4.98 Å². The first kappa shape index (κ1) is 11.7. The molecule has 2 unspecified atom stereocenters. The van der Waals surface area contributed by atoms with Crippen LogP contribution in [-0.2, 0) is 0 Å². The zero-order valence-electron chi connectivity index (χ0n) is 9.94. The van der Waals surface area contributed by atoms with E-state index < -0.39 is 5.91 Å². The van der Waals surface area contributed by atoms with E-state index in [1.165, 1.54) is 19.0 Å². The number of carbonyl (C=O) groups excluding carboxylic acids is 1. The number of nitrogen functional groups attached to an aromatic ring is 1. The number of nitrogens with two attached hydrogens (primary N) is 2. The van der Waals surface area contributed by atoms with Crippen molar-refractivity contribution in [3.63, 3.8) is 0 Å². The average molecular weight is 234 g/mol. The number of primary amides is 1. The van der Waals surface area contributed by atoms with E-state index in [0.29, 0.717) is 29.0 Å². The van der Waals surface area contributed by atoms with Gasteiger partial charge in [0.1, 0.15) is 5.82 Å². The van der Waals surface area contributed by atoms with Gasteiger partial charge in [-0.1, -0.05) is 13.3 Å². The van der Waals surface area contributed by atoms with Crippen molar-refractivity contribution in [3.8, 4) is 0 Å². The van der Waals surface area contributed by atoms with Gasteiger partial charge in [0.25, 0.3) is 5.91 Å². The summed E-state index contributed by atoms with van der Waals surface area (Å²) in [4.78, 5) is 15.4. The summed E-state index contributed by atoms with van der Waals surface area (Å²) in [6.07, 6.45) is 5.06. The zero-order valence-corrected chi connectivity index (χ0v) is 9.94. The smallest absolute Gasteiger partial charge is 0.252 e. The van der Waals surface area contributed by atoms with Crippen molar-refractivity contribution in [2.75, 3.05) is 11.1 Å². The number of anilines is 2. The molecule has 92 valence electrons. The summed E-state index contributed by atoms with van der Waals surface area (Å²) >= 11 is 0. The molecule has 5 N–H and O–H groups in total. The maximum absolute atomic E-state index is 11.3. The predicted octanol–water partition coefficient (Wildman–Crippen LogP) is 1.36. The molecule has 1 aromatic rings. The Labute approximate surface area is 101 Å². The molecule has 0 saturated heterocycles. The highest BCUT2D eigenvalue weighted by Gasteiger charge is 2.36. The molecule has 0 aliphatic heterocycles. The molecular formula is C12H18N4O. The van der Waals surface area contributed by atoms with Crippen LogP contribution in [0.4, 0.5) is 11.5 Å². The largest absolute Gasteiger partial charge is 0.397 e. The average Bonchev–Trinajstić information content (AvgIpc) is 2.99. The highest BCUT2D eigenvalue weighted by Crippen LogP contribution is 2.37. The van der Waals surface area contributed by atoms with Crippen LogP contribution in [0.2, 0.25) is 0 Å². The van der Waals surface area contributed by atoms with Gasteiger partial charge in [-0.15, -0.1) is 0 Å². The van der Waals surface area contributed by atoms with Crippen LogP contribution in [0.15, 0.2) is 12.3 Å². The summed E-state index contributed by atoms with van der Waals surface area (Å²) in [5, 5.41) is 3.26. The third-order valence-electron chi connectivity index (χ3n) is 3.08. The van der Waals surface area contributed by atoms with E-state index >= 15 is 0 Å². The van der Waals surface area contributed by atoms with Gasteiger partial charge in [0.15, 0.2) is 0 Å². The minimum Gasteiger partial charge on any atom is -0.397 e. The molecule has 17 heavy (non-hydrogen) atoms. The van der Waals surface area contributed by atoms with Crippen molar-refractivity contribution < 1.29 is 4.79 Å². The normalized spacial score (nSPS) is 22.2. The SMILES string of the molecule is CCCC1CC1Nc1ncc(N)cc1C(N)=O. The summed E-state index contributed by atoms with van der Waals surface area (Å²) in [6.45, 7) is 2.17. The zero-order chi connectivity index (χ0) is 12.4. The Bertz CT molecular complexity index is 433. The highest BCUT2D eigenvalue weighted by atomic mass is 16.1. The Kier molecular flexibility index (Phi) is 3.17. The monoisotopic (exact) mass is 234 g/mol. The van der Waals surface area contributed by atoms with Gasteiger partial charge in [0, 0.05) is 6.04 Å². The Hall–Kier alpha value is -1.78. The molecule has 1 fully saturated rings. The van der Waals surface area contributed by atoms with Crippen molar-refractivity contribution >= 4 is 17.4 Å². The second-order valence-corrected chi connectivity index (χ2v) is 4.56. The maximum Gasteiger partial charge on any atom is 0.252 e. The number of pyridine rings is 1. The van der Waals surface area contributed by atoms with Crippen molar-refractivity contribution in [1.82, 2.24) is 4.98 Å². The molecule has 0 radical (unpaired) electrons. The Morgan fingerprint density at radius 1 is 1.65 bits per heavy atom. The molecule has 0 spiro atoms. The van der Waals surface area contributed by atoms with Crippen LogP contribution in [0.5, 0.6) is 0 Å². The fourth-order valence-electron chi connectivity index (χ4n) is 2.07. The molecule has 5 heteroatoms. The number of amides is 1. The van der Waals surface area contributed by atoms with E-state index in [0.717, 1.165) is 6.42 Å². The first-order valence-electron chi connectivity index (χ1n) is 5.93. The lowest BCUT2D eigenvalue weighted by atomic mass is 10.2. The Morgan fingerprint density at radius 2 is 2.41 bits per heavy atom. The van der Waals surface area contributed by atoms with E-state index in [4.69, 9.17) is 11.5 Å². The van der Waals surface area contributed by atoms with E-state index in [1.807, 2.05) is 0 Å². The topological polar surface area (TPSA) is 94.0 Å². The van der Waals surface area contributed by atoms with Gasteiger partial charge in [-0.2, -0.15) is 0 Å². The Balaban J connectivity index is 2.08. The molecule has 5 nitrogen and oxygen atoms in total. The van der Waals surface area contributed by atoms with Gasteiger partial charge in [0.2, 0.25) is 0 Å². The quantitative estimate of drug-likeness (QED) is 0.717. The van der Waals surface area contributed by atoms with E-state index in [9.17, 15) is 4.79 Å². The maximum atomic E-state index is 11.3.